The third-order valence-electron chi connectivity index (χ3n) is 2.94. The number of anilines is 1. The van der Waals surface area contributed by atoms with Crippen molar-refractivity contribution in [2.45, 2.75) is 13.3 Å². The van der Waals surface area contributed by atoms with E-state index in [1.54, 1.807) is 6.21 Å². The quantitative estimate of drug-likeness (QED) is 0.430. The summed E-state index contributed by atoms with van der Waals surface area (Å²) in [6, 6.07) is 7.64. The molecule has 23 heavy (non-hydrogen) atoms. The minimum atomic E-state index is -0.691. The highest BCUT2D eigenvalue weighted by atomic mass is 16.2. The molecule has 0 atom stereocenters. The van der Waals surface area contributed by atoms with E-state index >= 15 is 0 Å². The second-order valence-corrected chi connectivity index (χ2v) is 4.68. The third-order valence-corrected chi connectivity index (χ3v) is 2.94. The molecule has 0 radical (unpaired) electrons. The van der Waals surface area contributed by atoms with Crippen molar-refractivity contribution in [1.82, 2.24) is 20.6 Å². The van der Waals surface area contributed by atoms with Crippen molar-refractivity contribution in [1.29, 1.82) is 0 Å². The fraction of sp³-hybridized carbons (Fsp3) is 0.214. The van der Waals surface area contributed by atoms with Crippen molar-refractivity contribution < 1.29 is 4.79 Å². The maximum absolute atomic E-state index is 11.6. The van der Waals surface area contributed by atoms with Gasteiger partial charge in [-0.05, 0) is 18.1 Å². The summed E-state index contributed by atoms with van der Waals surface area (Å²) >= 11 is 0. The monoisotopic (exact) mass is 316 g/mol. The van der Waals surface area contributed by atoms with Crippen LogP contribution in [0.15, 0.2) is 39.0 Å². The largest absolute Gasteiger partial charge is 0.364 e. The summed E-state index contributed by atoms with van der Waals surface area (Å²) in [5.41, 5.74) is 3.02. The van der Waals surface area contributed by atoms with Crippen LogP contribution in [-0.4, -0.2) is 33.8 Å². The minimum absolute atomic E-state index is 0.0548. The van der Waals surface area contributed by atoms with Crippen LogP contribution < -0.4 is 22.0 Å². The number of carbonyl (C=O) groups is 1. The van der Waals surface area contributed by atoms with Crippen LogP contribution in [0.2, 0.25) is 0 Å². The Morgan fingerprint density at radius 3 is 2.87 bits per heavy atom. The Labute approximate surface area is 130 Å². The molecule has 0 saturated heterocycles. The van der Waals surface area contributed by atoms with E-state index in [1.165, 1.54) is 0 Å². The smallest absolute Gasteiger partial charge is 0.342 e. The molecule has 0 bridgehead atoms. The number of aryl methyl sites for hydroxylation is 1. The Balaban J connectivity index is 1.78. The first-order chi connectivity index (χ1) is 11.1. The molecule has 1 aromatic carbocycles. The summed E-state index contributed by atoms with van der Waals surface area (Å²) in [5, 5.41) is 12.1. The first-order valence-electron chi connectivity index (χ1n) is 6.86. The predicted octanol–water partition coefficient (Wildman–Crippen LogP) is -0.281. The van der Waals surface area contributed by atoms with E-state index in [1.807, 2.05) is 36.2 Å². The van der Waals surface area contributed by atoms with Gasteiger partial charge in [-0.2, -0.15) is 5.10 Å². The highest BCUT2D eigenvalue weighted by Crippen LogP contribution is 2.03. The topological polar surface area (TPSA) is 132 Å². The van der Waals surface area contributed by atoms with Gasteiger partial charge < -0.3 is 5.32 Å². The lowest BCUT2D eigenvalue weighted by atomic mass is 10.1. The molecule has 4 N–H and O–H groups in total. The molecule has 9 heteroatoms. The molecule has 2 aromatic rings. The van der Waals surface area contributed by atoms with E-state index in [9.17, 15) is 14.4 Å². The molecular weight excluding hydrogens is 300 g/mol. The van der Waals surface area contributed by atoms with Gasteiger partial charge in [0.2, 0.25) is 11.7 Å². The van der Waals surface area contributed by atoms with Gasteiger partial charge in [0, 0.05) is 13.0 Å². The Morgan fingerprint density at radius 2 is 2.13 bits per heavy atom. The summed E-state index contributed by atoms with van der Waals surface area (Å²) in [7, 11) is 0. The standard InChI is InChI=1S/C14H16N6O3/c1-9-4-2-3-5-10(9)8-16-18-11(21)6-7-15-12-13(22)17-14(23)20-19-12/h2-5,8H,6-7H2,1H3,(H,15,19)(H,18,21)(H2,17,20,22,23)/b16-8+. The zero-order valence-corrected chi connectivity index (χ0v) is 12.4. The van der Waals surface area contributed by atoms with E-state index in [0.29, 0.717) is 0 Å². The summed E-state index contributed by atoms with van der Waals surface area (Å²) in [5.74, 6) is -0.371. The number of nitrogens with zero attached hydrogens (tertiary/aromatic N) is 2. The molecule has 0 aliphatic carbocycles. The van der Waals surface area contributed by atoms with Gasteiger partial charge in [-0.15, -0.1) is 5.10 Å². The molecule has 0 unspecified atom stereocenters. The summed E-state index contributed by atoms with van der Waals surface area (Å²) in [6.45, 7) is 2.12. The fourth-order valence-corrected chi connectivity index (χ4v) is 1.72. The Kier molecular flexibility index (Phi) is 5.40. The molecule has 120 valence electrons. The number of hydrazone groups is 1. The summed E-state index contributed by atoms with van der Waals surface area (Å²) < 4.78 is 0. The van der Waals surface area contributed by atoms with Crippen LogP contribution in [0.3, 0.4) is 0 Å². The Bertz CT molecular complexity index is 824. The Hall–Kier alpha value is -3.23. The van der Waals surface area contributed by atoms with Crippen LogP contribution in [0.4, 0.5) is 5.82 Å². The number of rotatable bonds is 6. The van der Waals surface area contributed by atoms with E-state index < -0.39 is 11.2 Å². The van der Waals surface area contributed by atoms with Crippen LogP contribution >= 0.6 is 0 Å². The van der Waals surface area contributed by atoms with Gasteiger partial charge in [0.05, 0.1) is 6.21 Å². The van der Waals surface area contributed by atoms with Crippen molar-refractivity contribution in [2.24, 2.45) is 5.10 Å². The van der Waals surface area contributed by atoms with Crippen LogP contribution in [0.1, 0.15) is 17.5 Å². The summed E-state index contributed by atoms with van der Waals surface area (Å²) in [4.78, 5) is 35.8. The predicted molar refractivity (Wildman–Crippen MR) is 85.5 cm³/mol. The van der Waals surface area contributed by atoms with Crippen molar-refractivity contribution in [2.75, 3.05) is 11.9 Å². The van der Waals surface area contributed by atoms with Gasteiger partial charge in [0.15, 0.2) is 0 Å². The number of carbonyl (C=O) groups excluding carboxylic acids is 1. The van der Waals surface area contributed by atoms with Crippen molar-refractivity contribution in [3.8, 4) is 0 Å². The number of benzene rings is 1. The lowest BCUT2D eigenvalue weighted by molar-refractivity contribution is -0.120. The lowest BCUT2D eigenvalue weighted by Crippen LogP contribution is -2.28. The van der Waals surface area contributed by atoms with Gasteiger partial charge in [0.25, 0.3) is 5.56 Å². The van der Waals surface area contributed by atoms with E-state index in [4.69, 9.17) is 0 Å². The number of hydrogen-bond acceptors (Lipinski definition) is 6. The number of amides is 1. The van der Waals surface area contributed by atoms with E-state index in [-0.39, 0.29) is 24.7 Å². The van der Waals surface area contributed by atoms with Gasteiger partial charge in [-0.25, -0.2) is 15.3 Å². The lowest BCUT2D eigenvalue weighted by Gasteiger charge is -2.03. The molecule has 2 rings (SSSR count). The van der Waals surface area contributed by atoms with Crippen LogP contribution in [-0.2, 0) is 4.79 Å². The van der Waals surface area contributed by atoms with Crippen molar-refractivity contribution in [3.05, 3.63) is 56.2 Å². The summed E-state index contributed by atoms with van der Waals surface area (Å²) in [6.07, 6.45) is 1.65. The first-order valence-corrected chi connectivity index (χ1v) is 6.86. The average Bonchev–Trinajstić information content (AvgIpc) is 2.51. The van der Waals surface area contributed by atoms with Crippen molar-refractivity contribution in [3.63, 3.8) is 0 Å². The SMILES string of the molecule is Cc1ccccc1/C=N/NC(=O)CCNc1n[nH]c(=O)[nH]c1=O. The second kappa shape index (κ2) is 7.69. The molecule has 1 aromatic heterocycles. The minimum Gasteiger partial charge on any atom is -0.364 e. The normalized spacial score (nSPS) is 10.7. The maximum Gasteiger partial charge on any atom is 0.342 e. The second-order valence-electron chi connectivity index (χ2n) is 4.68. The average molecular weight is 316 g/mol. The van der Waals surface area contributed by atoms with Crippen LogP contribution in [0.5, 0.6) is 0 Å². The molecular formula is C14H16N6O3. The third kappa shape index (κ3) is 4.92. The molecule has 0 aliphatic heterocycles. The zero-order valence-electron chi connectivity index (χ0n) is 12.4. The molecule has 1 amide bonds. The van der Waals surface area contributed by atoms with Gasteiger partial charge in [-0.1, -0.05) is 24.3 Å². The molecule has 9 nitrogen and oxygen atoms in total. The Morgan fingerprint density at radius 1 is 1.35 bits per heavy atom. The van der Waals surface area contributed by atoms with Crippen LogP contribution in [0, 0.1) is 6.92 Å². The number of nitrogens with one attached hydrogen (secondary N) is 4. The van der Waals surface area contributed by atoms with E-state index in [2.05, 4.69) is 26.0 Å². The van der Waals surface area contributed by atoms with Crippen LogP contribution in [0.25, 0.3) is 0 Å². The molecule has 0 spiro atoms. The van der Waals surface area contributed by atoms with Gasteiger partial charge in [0.1, 0.15) is 0 Å². The van der Waals surface area contributed by atoms with Gasteiger partial charge >= 0.3 is 5.69 Å². The molecule has 0 fully saturated rings. The number of hydrogen-bond donors (Lipinski definition) is 4. The van der Waals surface area contributed by atoms with Gasteiger partial charge in [-0.3, -0.25) is 14.6 Å². The highest BCUT2D eigenvalue weighted by Gasteiger charge is 2.03. The zero-order chi connectivity index (χ0) is 16.7. The molecule has 1 heterocycles. The molecule has 0 aliphatic rings. The fourth-order valence-electron chi connectivity index (χ4n) is 1.72. The van der Waals surface area contributed by atoms with E-state index in [0.717, 1.165) is 11.1 Å². The number of aromatic amines is 2. The van der Waals surface area contributed by atoms with Crippen molar-refractivity contribution >= 4 is 17.9 Å². The maximum atomic E-state index is 11.6. The molecule has 0 saturated carbocycles. The first kappa shape index (κ1) is 16.1. The number of aromatic nitrogens is 3. The highest BCUT2D eigenvalue weighted by molar-refractivity contribution is 5.83. The number of H-pyrrole nitrogens is 2.